The van der Waals surface area contributed by atoms with Crippen LogP contribution in [0.4, 0.5) is 25.4 Å². The lowest BCUT2D eigenvalue weighted by atomic mass is 10.0. The average Bonchev–Trinajstić information content (AvgIpc) is 3.61. The highest BCUT2D eigenvalue weighted by molar-refractivity contribution is 6.01. The van der Waals surface area contributed by atoms with Crippen molar-refractivity contribution in [2.24, 2.45) is 5.41 Å². The molecular weight excluding hydrogens is 433 g/mol. The summed E-state index contributed by atoms with van der Waals surface area (Å²) in [5.41, 5.74) is 3.90. The summed E-state index contributed by atoms with van der Waals surface area (Å²) in [4.78, 5) is 37.3. The minimum absolute atomic E-state index is 0.0145. The Morgan fingerprint density at radius 1 is 1.18 bits per heavy atom. The number of amides is 3. The van der Waals surface area contributed by atoms with Gasteiger partial charge in [-0.25, -0.2) is 19.4 Å². The second kappa shape index (κ2) is 8.27. The Labute approximate surface area is 191 Å². The minimum atomic E-state index is -1.42. The minimum Gasteiger partial charge on any atom is -0.464 e. The zero-order valence-corrected chi connectivity index (χ0v) is 19.0. The van der Waals surface area contributed by atoms with E-state index in [-0.39, 0.29) is 23.1 Å². The molecule has 1 spiro atoms. The molecule has 3 amide bonds. The SMILES string of the molecule is CC(C)(C)OC(=O)N[C@@H]1CN(c2cc(NC3CC3)c(C(=O)NNC(=O)O)cc2F)CC12CC2. The van der Waals surface area contributed by atoms with Gasteiger partial charge in [0, 0.05) is 30.2 Å². The Balaban J connectivity index is 1.54. The molecule has 180 valence electrons. The number of carbonyl (C=O) groups excluding carboxylic acids is 2. The lowest BCUT2D eigenvalue weighted by Gasteiger charge is -2.24. The van der Waals surface area contributed by atoms with Crippen molar-refractivity contribution in [3.8, 4) is 0 Å². The van der Waals surface area contributed by atoms with Crippen molar-refractivity contribution in [2.75, 3.05) is 23.3 Å². The normalized spacial score (nSPS) is 20.8. The first-order chi connectivity index (χ1) is 15.5. The number of carboxylic acid groups (broad SMARTS) is 1. The first-order valence-corrected chi connectivity index (χ1v) is 11.1. The van der Waals surface area contributed by atoms with Crippen molar-refractivity contribution in [2.45, 2.75) is 64.1 Å². The van der Waals surface area contributed by atoms with E-state index in [1.54, 1.807) is 32.3 Å². The zero-order valence-electron chi connectivity index (χ0n) is 19.0. The monoisotopic (exact) mass is 463 g/mol. The quantitative estimate of drug-likeness (QED) is 0.424. The number of hydrogen-bond acceptors (Lipinski definition) is 6. The van der Waals surface area contributed by atoms with E-state index >= 15 is 4.39 Å². The third kappa shape index (κ3) is 5.40. The molecule has 0 aromatic heterocycles. The number of anilines is 2. The standard InChI is InChI=1S/C22H30FN5O5/c1-21(2,3)33-20(32)25-17-10-28(11-22(17)6-7-22)16-9-15(24-12-4-5-12)13(8-14(16)23)18(29)26-27-19(30)31/h8-9,12,17,24,27H,4-7,10-11H2,1-3H3,(H,25,32)(H,26,29)(H,30,31)/t17-/m1/s1. The van der Waals surface area contributed by atoms with Gasteiger partial charge in [0.05, 0.1) is 17.3 Å². The number of hydrazine groups is 1. The molecule has 0 bridgehead atoms. The summed E-state index contributed by atoms with van der Waals surface area (Å²) in [6.07, 6.45) is 1.83. The summed E-state index contributed by atoms with van der Waals surface area (Å²) in [7, 11) is 0. The summed E-state index contributed by atoms with van der Waals surface area (Å²) in [6, 6.07) is 2.73. The van der Waals surface area contributed by atoms with Crippen LogP contribution in [0.3, 0.4) is 0 Å². The predicted octanol–water partition coefficient (Wildman–Crippen LogP) is 2.81. The first-order valence-electron chi connectivity index (χ1n) is 11.1. The van der Waals surface area contributed by atoms with Gasteiger partial charge in [-0.05, 0) is 58.6 Å². The van der Waals surface area contributed by atoms with E-state index in [0.29, 0.717) is 24.5 Å². The molecule has 11 heteroatoms. The second-order valence-electron chi connectivity index (χ2n) is 10.1. The van der Waals surface area contributed by atoms with Crippen LogP contribution >= 0.6 is 0 Å². The lowest BCUT2D eigenvalue weighted by molar-refractivity contribution is 0.0493. The highest BCUT2D eigenvalue weighted by Gasteiger charge is 2.56. The van der Waals surface area contributed by atoms with Crippen LogP contribution in [0, 0.1) is 11.2 Å². The molecule has 33 heavy (non-hydrogen) atoms. The third-order valence-corrected chi connectivity index (χ3v) is 6.12. The van der Waals surface area contributed by atoms with Gasteiger partial charge < -0.3 is 25.4 Å². The number of benzene rings is 1. The molecule has 10 nitrogen and oxygen atoms in total. The molecule has 5 N–H and O–H groups in total. The number of rotatable bonds is 5. The summed E-state index contributed by atoms with van der Waals surface area (Å²) in [5.74, 6) is -1.35. The average molecular weight is 464 g/mol. The molecule has 2 aliphatic carbocycles. The van der Waals surface area contributed by atoms with Gasteiger partial charge >= 0.3 is 12.2 Å². The molecule has 3 aliphatic rings. The van der Waals surface area contributed by atoms with E-state index in [0.717, 1.165) is 31.7 Å². The molecular formula is C22H30FN5O5. The van der Waals surface area contributed by atoms with Crippen LogP contribution in [0.5, 0.6) is 0 Å². The van der Waals surface area contributed by atoms with Crippen molar-refractivity contribution >= 4 is 29.5 Å². The Bertz CT molecular complexity index is 971. The van der Waals surface area contributed by atoms with Gasteiger partial charge in [0.25, 0.3) is 5.91 Å². The summed E-state index contributed by atoms with van der Waals surface area (Å²) in [6.45, 7) is 6.40. The first kappa shape index (κ1) is 22.9. The number of nitrogens with zero attached hydrogens (tertiary/aromatic N) is 1. The molecule has 4 rings (SSSR count). The number of nitrogens with one attached hydrogen (secondary N) is 4. The molecule has 1 saturated heterocycles. The molecule has 1 heterocycles. The number of ether oxygens (including phenoxy) is 1. The van der Waals surface area contributed by atoms with Gasteiger partial charge in [-0.2, -0.15) is 0 Å². The molecule has 2 saturated carbocycles. The molecule has 1 aromatic carbocycles. The Morgan fingerprint density at radius 3 is 2.45 bits per heavy atom. The summed E-state index contributed by atoms with van der Waals surface area (Å²) in [5, 5.41) is 14.9. The lowest BCUT2D eigenvalue weighted by Crippen LogP contribution is -2.44. The molecule has 1 aromatic rings. The second-order valence-corrected chi connectivity index (χ2v) is 10.1. The number of halogens is 1. The van der Waals surface area contributed by atoms with Gasteiger partial charge in [0.1, 0.15) is 11.4 Å². The smallest absolute Gasteiger partial charge is 0.423 e. The Kier molecular flexibility index (Phi) is 5.75. The molecule has 0 radical (unpaired) electrons. The van der Waals surface area contributed by atoms with Crippen LogP contribution in [-0.4, -0.2) is 54.0 Å². The van der Waals surface area contributed by atoms with Crippen molar-refractivity contribution in [3.63, 3.8) is 0 Å². The van der Waals surface area contributed by atoms with E-state index in [2.05, 4.69) is 10.6 Å². The zero-order chi connectivity index (χ0) is 24.0. The van der Waals surface area contributed by atoms with Crippen LogP contribution in [0.15, 0.2) is 12.1 Å². The molecule has 0 unspecified atom stereocenters. The predicted molar refractivity (Wildman–Crippen MR) is 119 cm³/mol. The van der Waals surface area contributed by atoms with Crippen LogP contribution < -0.4 is 26.4 Å². The Hall–Kier alpha value is -3.24. The fourth-order valence-electron chi connectivity index (χ4n) is 4.20. The van der Waals surface area contributed by atoms with E-state index in [4.69, 9.17) is 9.84 Å². The van der Waals surface area contributed by atoms with Gasteiger partial charge in [-0.15, -0.1) is 0 Å². The Morgan fingerprint density at radius 2 is 1.88 bits per heavy atom. The van der Waals surface area contributed by atoms with Gasteiger partial charge in [0.15, 0.2) is 0 Å². The molecule has 1 aliphatic heterocycles. The fourth-order valence-corrected chi connectivity index (χ4v) is 4.20. The van der Waals surface area contributed by atoms with Crippen molar-refractivity contribution < 1.29 is 28.6 Å². The highest BCUT2D eigenvalue weighted by atomic mass is 19.1. The number of alkyl carbamates (subject to hydrolysis) is 1. The molecule has 1 atom stereocenters. The summed E-state index contributed by atoms with van der Waals surface area (Å²) >= 11 is 0. The van der Waals surface area contributed by atoms with E-state index in [1.165, 1.54) is 0 Å². The van der Waals surface area contributed by atoms with E-state index < -0.39 is 29.5 Å². The fraction of sp³-hybridized carbons (Fsp3) is 0.591. The van der Waals surface area contributed by atoms with Crippen LogP contribution in [-0.2, 0) is 4.74 Å². The topological polar surface area (TPSA) is 132 Å². The van der Waals surface area contributed by atoms with Crippen molar-refractivity contribution in [1.82, 2.24) is 16.2 Å². The maximum Gasteiger partial charge on any atom is 0.423 e. The third-order valence-electron chi connectivity index (χ3n) is 6.12. The van der Waals surface area contributed by atoms with Crippen LogP contribution in [0.25, 0.3) is 0 Å². The molecule has 3 fully saturated rings. The van der Waals surface area contributed by atoms with Crippen molar-refractivity contribution in [1.29, 1.82) is 0 Å². The largest absolute Gasteiger partial charge is 0.464 e. The summed E-state index contributed by atoms with van der Waals surface area (Å²) < 4.78 is 20.6. The van der Waals surface area contributed by atoms with Crippen molar-refractivity contribution in [3.05, 3.63) is 23.5 Å². The number of hydrogen-bond donors (Lipinski definition) is 5. The maximum absolute atomic E-state index is 15.2. The van der Waals surface area contributed by atoms with Gasteiger partial charge in [-0.3, -0.25) is 10.2 Å². The van der Waals surface area contributed by atoms with Gasteiger partial charge in [-0.1, -0.05) is 0 Å². The number of carbonyl (C=O) groups is 3. The van der Waals surface area contributed by atoms with Gasteiger partial charge in [0.2, 0.25) is 0 Å². The van der Waals surface area contributed by atoms with Crippen LogP contribution in [0.1, 0.15) is 56.8 Å². The van der Waals surface area contributed by atoms with E-state index in [1.807, 2.05) is 10.3 Å². The highest BCUT2D eigenvalue weighted by Crippen LogP contribution is 2.54. The maximum atomic E-state index is 15.2. The van der Waals surface area contributed by atoms with Crippen LogP contribution in [0.2, 0.25) is 0 Å². The van der Waals surface area contributed by atoms with E-state index in [9.17, 15) is 14.4 Å².